The molecule has 1 amide bonds. The van der Waals surface area contributed by atoms with Crippen LogP contribution in [0.5, 0.6) is 0 Å². The second kappa shape index (κ2) is 4.39. The zero-order valence-electron chi connectivity index (χ0n) is 8.50. The van der Waals surface area contributed by atoms with Crippen molar-refractivity contribution in [3.8, 4) is 0 Å². The Labute approximate surface area is 104 Å². The third-order valence-electron chi connectivity index (χ3n) is 2.45. The van der Waals surface area contributed by atoms with Gasteiger partial charge in [0.2, 0.25) is 5.91 Å². The molecule has 3 nitrogen and oxygen atoms in total. The average molecular weight is 255 g/mol. The minimum Gasteiger partial charge on any atom is -0.389 e. The molecule has 0 saturated heterocycles. The van der Waals surface area contributed by atoms with E-state index in [1.54, 1.807) is 18.2 Å². The maximum atomic E-state index is 11.6. The summed E-state index contributed by atoms with van der Waals surface area (Å²) in [5, 5.41) is 3.35. The number of anilines is 1. The molecule has 0 aromatic heterocycles. The lowest BCUT2D eigenvalue weighted by atomic mass is 10.1. The summed E-state index contributed by atoms with van der Waals surface area (Å²) in [5.41, 5.74) is 6.81. The molecule has 5 heteroatoms. The van der Waals surface area contributed by atoms with Gasteiger partial charge in [-0.3, -0.25) is 4.79 Å². The van der Waals surface area contributed by atoms with Crippen LogP contribution in [0, 0.1) is 5.92 Å². The van der Waals surface area contributed by atoms with E-state index in [1.165, 1.54) is 0 Å². The van der Waals surface area contributed by atoms with Gasteiger partial charge < -0.3 is 11.1 Å². The molecule has 1 fully saturated rings. The van der Waals surface area contributed by atoms with Gasteiger partial charge in [-0.15, -0.1) is 0 Å². The smallest absolute Gasteiger partial charge is 0.227 e. The van der Waals surface area contributed by atoms with E-state index in [-0.39, 0.29) is 16.8 Å². The van der Waals surface area contributed by atoms with Gasteiger partial charge in [0.15, 0.2) is 0 Å². The van der Waals surface area contributed by atoms with Crippen molar-refractivity contribution in [3.63, 3.8) is 0 Å². The molecule has 0 bridgehead atoms. The molecule has 1 aromatic rings. The molecule has 1 aromatic carbocycles. The Hall–Kier alpha value is -1.13. The van der Waals surface area contributed by atoms with Crippen LogP contribution in [0.3, 0.4) is 0 Å². The number of hydrogen-bond acceptors (Lipinski definition) is 2. The highest BCUT2D eigenvalue weighted by Crippen LogP contribution is 2.31. The van der Waals surface area contributed by atoms with Crippen molar-refractivity contribution in [1.29, 1.82) is 0 Å². The molecule has 0 spiro atoms. The van der Waals surface area contributed by atoms with Gasteiger partial charge in [-0.2, -0.15) is 0 Å². The van der Waals surface area contributed by atoms with E-state index in [2.05, 4.69) is 5.32 Å². The average Bonchev–Trinajstić information content (AvgIpc) is 2.99. The van der Waals surface area contributed by atoms with E-state index in [1.807, 2.05) is 0 Å². The van der Waals surface area contributed by atoms with Crippen LogP contribution in [0.15, 0.2) is 18.2 Å². The van der Waals surface area contributed by atoms with Gasteiger partial charge in [-0.25, -0.2) is 0 Å². The highest BCUT2D eigenvalue weighted by molar-refractivity contribution is 7.80. The van der Waals surface area contributed by atoms with Gasteiger partial charge in [-0.05, 0) is 31.0 Å². The van der Waals surface area contributed by atoms with Gasteiger partial charge >= 0.3 is 0 Å². The van der Waals surface area contributed by atoms with E-state index in [0.29, 0.717) is 16.3 Å². The van der Waals surface area contributed by atoms with Crippen molar-refractivity contribution < 1.29 is 4.79 Å². The number of hydrogen-bond donors (Lipinski definition) is 2. The second-order valence-corrected chi connectivity index (χ2v) is 4.69. The van der Waals surface area contributed by atoms with Gasteiger partial charge in [-0.1, -0.05) is 23.8 Å². The lowest BCUT2D eigenvalue weighted by Crippen LogP contribution is -2.18. The van der Waals surface area contributed by atoms with Crippen molar-refractivity contribution >= 4 is 40.4 Å². The molecule has 0 heterocycles. The Morgan fingerprint density at radius 1 is 1.50 bits per heavy atom. The monoisotopic (exact) mass is 254 g/mol. The van der Waals surface area contributed by atoms with Crippen molar-refractivity contribution in [3.05, 3.63) is 28.8 Å². The second-order valence-electron chi connectivity index (χ2n) is 3.82. The minimum absolute atomic E-state index is 0.0137. The van der Waals surface area contributed by atoms with Crippen LogP contribution in [0.4, 0.5) is 5.69 Å². The summed E-state index contributed by atoms with van der Waals surface area (Å²) in [6.45, 7) is 0. The summed E-state index contributed by atoms with van der Waals surface area (Å²) in [6, 6.07) is 5.08. The molecule has 84 valence electrons. The Morgan fingerprint density at radius 2 is 2.19 bits per heavy atom. The standard InChI is InChI=1S/C11H11ClN2OS/c12-7-3-4-8(10(13)16)9(5-7)14-11(15)6-1-2-6/h3-6H,1-2H2,(H2,13,16)(H,14,15). The normalized spacial score (nSPS) is 14.6. The van der Waals surface area contributed by atoms with Gasteiger partial charge in [0.1, 0.15) is 4.99 Å². The number of thiocarbonyl (C=S) groups is 1. The summed E-state index contributed by atoms with van der Waals surface area (Å²) in [6.07, 6.45) is 1.91. The quantitative estimate of drug-likeness (QED) is 0.814. The van der Waals surface area contributed by atoms with Gasteiger partial charge in [0.25, 0.3) is 0 Å². The fourth-order valence-corrected chi connectivity index (χ4v) is 1.77. The molecule has 3 N–H and O–H groups in total. The topological polar surface area (TPSA) is 55.1 Å². The van der Waals surface area contributed by atoms with Gasteiger partial charge in [0.05, 0.1) is 5.69 Å². The predicted molar refractivity (Wildman–Crippen MR) is 68.7 cm³/mol. The molecule has 0 unspecified atom stereocenters. The highest BCUT2D eigenvalue weighted by atomic mass is 35.5. The zero-order valence-corrected chi connectivity index (χ0v) is 10.1. The molecule has 1 aliphatic rings. The number of carbonyl (C=O) groups excluding carboxylic acids is 1. The number of benzene rings is 1. The maximum Gasteiger partial charge on any atom is 0.227 e. The summed E-state index contributed by atoms with van der Waals surface area (Å²) in [5.74, 6) is 0.151. The zero-order chi connectivity index (χ0) is 11.7. The summed E-state index contributed by atoms with van der Waals surface area (Å²) in [4.78, 5) is 11.9. The SMILES string of the molecule is NC(=S)c1ccc(Cl)cc1NC(=O)C1CC1. The lowest BCUT2D eigenvalue weighted by molar-refractivity contribution is -0.117. The fourth-order valence-electron chi connectivity index (χ4n) is 1.42. The van der Waals surface area contributed by atoms with E-state index >= 15 is 0 Å². The number of carbonyl (C=O) groups is 1. The number of rotatable bonds is 3. The Kier molecular flexibility index (Phi) is 3.12. The third kappa shape index (κ3) is 2.51. The molecule has 1 aliphatic carbocycles. The van der Waals surface area contributed by atoms with Crippen LogP contribution >= 0.6 is 23.8 Å². The summed E-state index contributed by atoms with van der Waals surface area (Å²) < 4.78 is 0. The van der Waals surface area contributed by atoms with Crippen molar-refractivity contribution in [1.82, 2.24) is 0 Å². The third-order valence-corrected chi connectivity index (χ3v) is 2.91. The van der Waals surface area contributed by atoms with Gasteiger partial charge in [0, 0.05) is 16.5 Å². The summed E-state index contributed by atoms with van der Waals surface area (Å²) in [7, 11) is 0. The predicted octanol–water partition coefficient (Wildman–Crippen LogP) is 2.32. The van der Waals surface area contributed by atoms with Crippen molar-refractivity contribution in [2.75, 3.05) is 5.32 Å². The van der Waals surface area contributed by atoms with Crippen molar-refractivity contribution in [2.24, 2.45) is 11.7 Å². The van der Waals surface area contributed by atoms with Crippen LogP contribution in [-0.4, -0.2) is 10.9 Å². The highest BCUT2D eigenvalue weighted by Gasteiger charge is 2.30. The molecule has 0 radical (unpaired) electrons. The Morgan fingerprint density at radius 3 is 2.75 bits per heavy atom. The number of nitrogens with two attached hydrogens (primary N) is 1. The number of amides is 1. The molecule has 0 aliphatic heterocycles. The first-order chi connectivity index (χ1) is 7.58. The number of nitrogens with one attached hydrogen (secondary N) is 1. The maximum absolute atomic E-state index is 11.6. The molecular formula is C11H11ClN2OS. The lowest BCUT2D eigenvalue weighted by Gasteiger charge is -2.10. The van der Waals surface area contributed by atoms with Crippen molar-refractivity contribution in [2.45, 2.75) is 12.8 Å². The Bertz CT molecular complexity index is 457. The largest absolute Gasteiger partial charge is 0.389 e. The van der Waals surface area contributed by atoms with E-state index in [9.17, 15) is 4.79 Å². The van der Waals surface area contributed by atoms with Crippen LogP contribution in [-0.2, 0) is 4.79 Å². The molecule has 1 saturated carbocycles. The fraction of sp³-hybridized carbons (Fsp3) is 0.273. The van der Waals surface area contributed by atoms with Crippen LogP contribution in [0.2, 0.25) is 5.02 Å². The molecule has 2 rings (SSSR count). The Balaban J connectivity index is 2.26. The van der Waals surface area contributed by atoms with Crippen LogP contribution < -0.4 is 11.1 Å². The van der Waals surface area contributed by atoms with E-state index < -0.39 is 0 Å². The molecule has 0 atom stereocenters. The minimum atomic E-state index is 0.0137. The van der Waals surface area contributed by atoms with E-state index in [0.717, 1.165) is 12.8 Å². The first-order valence-electron chi connectivity index (χ1n) is 4.98. The first-order valence-corrected chi connectivity index (χ1v) is 5.77. The first kappa shape index (κ1) is 11.4. The molecule has 16 heavy (non-hydrogen) atoms. The van der Waals surface area contributed by atoms with E-state index in [4.69, 9.17) is 29.6 Å². The summed E-state index contributed by atoms with van der Waals surface area (Å²) >= 11 is 10.8. The number of halogens is 1. The molecular weight excluding hydrogens is 244 g/mol. The van der Waals surface area contributed by atoms with Crippen LogP contribution in [0.1, 0.15) is 18.4 Å². The van der Waals surface area contributed by atoms with Crippen LogP contribution in [0.25, 0.3) is 0 Å².